The van der Waals surface area contributed by atoms with Gasteiger partial charge in [-0.05, 0) is 91.7 Å². The molecule has 5 rings (SSSR count). The summed E-state index contributed by atoms with van der Waals surface area (Å²) in [4.78, 5) is 31.5. The molecule has 11 heteroatoms. The van der Waals surface area contributed by atoms with Crippen molar-refractivity contribution in [3.8, 4) is 5.75 Å². The second-order valence-corrected chi connectivity index (χ2v) is 15.4. The van der Waals surface area contributed by atoms with E-state index in [1.165, 1.54) is 16.7 Å². The first-order valence-corrected chi connectivity index (χ1v) is 20.0. The van der Waals surface area contributed by atoms with Crippen molar-refractivity contribution in [3.63, 3.8) is 0 Å². The Labute approximate surface area is 305 Å². The minimum atomic E-state index is -4.23. The zero-order chi connectivity index (χ0) is 35.5. The van der Waals surface area contributed by atoms with Crippen LogP contribution in [0.25, 0.3) is 0 Å². The molecule has 50 heavy (non-hydrogen) atoms. The van der Waals surface area contributed by atoms with E-state index in [9.17, 15) is 18.0 Å². The van der Waals surface area contributed by atoms with Crippen molar-refractivity contribution in [3.05, 3.63) is 119 Å². The molecule has 264 valence electrons. The highest BCUT2D eigenvalue weighted by atomic mass is 35.5. The third kappa shape index (κ3) is 9.62. The Morgan fingerprint density at radius 2 is 1.56 bits per heavy atom. The van der Waals surface area contributed by atoms with Gasteiger partial charge in [0.25, 0.3) is 10.0 Å². The average Bonchev–Trinajstić information content (AvgIpc) is 3.14. The number of halogens is 1. The normalized spacial score (nSPS) is 14.1. The van der Waals surface area contributed by atoms with Crippen molar-refractivity contribution in [1.82, 2.24) is 10.2 Å². The summed E-state index contributed by atoms with van der Waals surface area (Å²) in [5.74, 6) is -0.237. The van der Waals surface area contributed by atoms with Crippen molar-refractivity contribution in [1.29, 1.82) is 0 Å². The van der Waals surface area contributed by atoms with Crippen LogP contribution in [0, 0.1) is 0 Å². The molecule has 1 aliphatic carbocycles. The molecule has 0 spiro atoms. The van der Waals surface area contributed by atoms with Crippen molar-refractivity contribution in [2.24, 2.45) is 0 Å². The van der Waals surface area contributed by atoms with Crippen molar-refractivity contribution in [2.45, 2.75) is 73.9 Å². The highest BCUT2D eigenvalue weighted by Crippen LogP contribution is 2.29. The van der Waals surface area contributed by atoms with Crippen LogP contribution in [0.15, 0.2) is 113 Å². The van der Waals surface area contributed by atoms with Crippen LogP contribution in [0.2, 0.25) is 5.02 Å². The summed E-state index contributed by atoms with van der Waals surface area (Å²) in [6.07, 6.45) is 7.10. The Bertz CT molecular complexity index is 1820. The number of nitrogens with one attached hydrogen (secondary N) is 1. The zero-order valence-electron chi connectivity index (χ0n) is 28.5. The summed E-state index contributed by atoms with van der Waals surface area (Å²) in [6.45, 7) is 1.77. The molecule has 0 aliphatic heterocycles. The average molecular weight is 734 g/mol. The molecule has 1 aliphatic rings. The van der Waals surface area contributed by atoms with Gasteiger partial charge in [-0.15, -0.1) is 11.8 Å². The van der Waals surface area contributed by atoms with Crippen molar-refractivity contribution in [2.75, 3.05) is 23.7 Å². The Balaban J connectivity index is 1.57. The monoisotopic (exact) mass is 733 g/mol. The number of hydrogen-bond donors (Lipinski definition) is 1. The topological polar surface area (TPSA) is 96.0 Å². The van der Waals surface area contributed by atoms with Gasteiger partial charge in [-0.25, -0.2) is 8.42 Å². The molecule has 0 aromatic heterocycles. The van der Waals surface area contributed by atoms with Gasteiger partial charge in [-0.3, -0.25) is 13.9 Å². The molecular formula is C39H44ClN3O5S2. The molecule has 8 nitrogen and oxygen atoms in total. The number of hydrogen-bond acceptors (Lipinski definition) is 6. The predicted octanol–water partition coefficient (Wildman–Crippen LogP) is 7.74. The molecule has 4 aromatic rings. The fraction of sp³-hybridized carbons (Fsp3) is 0.333. The lowest BCUT2D eigenvalue weighted by atomic mass is 9.94. The number of anilines is 1. The smallest absolute Gasteiger partial charge is 0.264 e. The second kappa shape index (κ2) is 17.8. The summed E-state index contributed by atoms with van der Waals surface area (Å²) < 4.78 is 35.5. The van der Waals surface area contributed by atoms with E-state index in [1.54, 1.807) is 60.7 Å². The van der Waals surface area contributed by atoms with Gasteiger partial charge >= 0.3 is 0 Å². The number of carbonyl (C=O) groups excluding carboxylic acids is 2. The summed E-state index contributed by atoms with van der Waals surface area (Å²) in [7, 11) is -4.23. The van der Waals surface area contributed by atoms with Crippen LogP contribution < -0.4 is 14.4 Å². The maximum atomic E-state index is 14.8. The molecule has 0 radical (unpaired) electrons. The maximum absolute atomic E-state index is 14.8. The quantitative estimate of drug-likeness (QED) is 0.126. The number of amides is 2. The predicted molar refractivity (Wildman–Crippen MR) is 201 cm³/mol. The third-order valence-electron chi connectivity index (χ3n) is 8.88. The summed E-state index contributed by atoms with van der Waals surface area (Å²) >= 11 is 8.14. The van der Waals surface area contributed by atoms with E-state index in [2.05, 4.69) is 5.32 Å². The lowest BCUT2D eigenvalue weighted by molar-refractivity contribution is -0.140. The summed E-state index contributed by atoms with van der Waals surface area (Å²) in [5.41, 5.74) is 1.81. The number of benzene rings is 4. The SMILES string of the molecule is CCOc1ccc(N(CC(=O)N(Cc2ccccc2Cl)[C@H](Cc2ccccc2)C(=O)NC2CCCCC2)S(=O)(=O)c2ccc(SC)cc2)cc1. The molecule has 4 aromatic carbocycles. The van der Waals surface area contributed by atoms with Gasteiger partial charge in [0.1, 0.15) is 18.3 Å². The van der Waals surface area contributed by atoms with Crippen LogP contribution in [-0.2, 0) is 32.6 Å². The number of nitrogens with zero attached hydrogens (tertiary/aromatic N) is 2. The van der Waals surface area contributed by atoms with E-state index in [-0.39, 0.29) is 29.8 Å². The molecular weight excluding hydrogens is 690 g/mol. The first-order valence-electron chi connectivity index (χ1n) is 17.0. The molecule has 1 saturated carbocycles. The first-order chi connectivity index (χ1) is 24.2. The largest absolute Gasteiger partial charge is 0.494 e. The van der Waals surface area contributed by atoms with Crippen LogP contribution in [0.1, 0.15) is 50.2 Å². The minimum absolute atomic E-state index is 0.00762. The molecule has 0 bridgehead atoms. The lowest BCUT2D eigenvalue weighted by Gasteiger charge is -2.35. The standard InChI is InChI=1S/C39H44ClN3O5S2/c1-3-48-33-20-18-32(19-21-33)43(50(46,47)35-24-22-34(49-2)23-25-35)28-38(44)42(27-30-14-10-11-17-36(30)40)37(26-29-12-6-4-7-13-29)39(45)41-31-15-8-5-9-16-31/h4,6-7,10-14,17-25,31,37H,3,5,8-9,15-16,26-28H2,1-2H3,(H,41,45)/t37-/m1/s1. The molecule has 0 saturated heterocycles. The van der Waals surface area contributed by atoms with Crippen LogP contribution >= 0.6 is 23.4 Å². The van der Waals surface area contributed by atoms with Crippen LogP contribution in [0.5, 0.6) is 5.75 Å². The minimum Gasteiger partial charge on any atom is -0.494 e. The van der Waals surface area contributed by atoms with E-state index >= 15 is 0 Å². The molecule has 0 heterocycles. The first kappa shape index (κ1) is 37.3. The Kier molecular flexibility index (Phi) is 13.3. The molecule has 0 unspecified atom stereocenters. The van der Waals surface area contributed by atoms with Crippen molar-refractivity contribution < 1.29 is 22.7 Å². The molecule has 1 fully saturated rings. The van der Waals surface area contributed by atoms with Gasteiger partial charge in [0.05, 0.1) is 17.2 Å². The molecule has 2 amide bonds. The fourth-order valence-corrected chi connectivity index (χ4v) is 8.21. The van der Waals surface area contributed by atoms with Crippen LogP contribution in [0.3, 0.4) is 0 Å². The van der Waals surface area contributed by atoms with Gasteiger partial charge in [-0.1, -0.05) is 79.4 Å². The van der Waals surface area contributed by atoms with E-state index in [1.807, 2.05) is 55.6 Å². The Morgan fingerprint density at radius 3 is 2.20 bits per heavy atom. The highest BCUT2D eigenvalue weighted by Gasteiger charge is 2.35. The van der Waals surface area contributed by atoms with E-state index < -0.39 is 28.5 Å². The van der Waals surface area contributed by atoms with Crippen molar-refractivity contribution >= 4 is 50.9 Å². The number of thioether (sulfide) groups is 1. The van der Waals surface area contributed by atoms with Gasteiger partial charge < -0.3 is 15.0 Å². The maximum Gasteiger partial charge on any atom is 0.264 e. The number of ether oxygens (including phenoxy) is 1. The molecule has 1 N–H and O–H groups in total. The van der Waals surface area contributed by atoms with Crippen LogP contribution in [-0.4, -0.2) is 56.6 Å². The van der Waals surface area contributed by atoms with Gasteiger partial charge in [-0.2, -0.15) is 0 Å². The zero-order valence-corrected chi connectivity index (χ0v) is 30.9. The fourth-order valence-electron chi connectivity index (χ4n) is 6.19. The van der Waals surface area contributed by atoms with E-state index in [4.69, 9.17) is 16.3 Å². The van der Waals surface area contributed by atoms with Crippen LogP contribution in [0.4, 0.5) is 5.69 Å². The summed E-state index contributed by atoms with van der Waals surface area (Å²) in [6, 6.07) is 29.0. The highest BCUT2D eigenvalue weighted by molar-refractivity contribution is 7.98. The Morgan fingerprint density at radius 1 is 0.900 bits per heavy atom. The van der Waals surface area contributed by atoms with E-state index in [0.29, 0.717) is 28.6 Å². The van der Waals surface area contributed by atoms with Gasteiger partial charge in [0.2, 0.25) is 11.8 Å². The second-order valence-electron chi connectivity index (χ2n) is 12.3. The van der Waals surface area contributed by atoms with Gasteiger partial charge in [0.15, 0.2) is 0 Å². The number of sulfonamides is 1. The Hall–Kier alpha value is -3.99. The lowest BCUT2D eigenvalue weighted by Crippen LogP contribution is -2.55. The summed E-state index contributed by atoms with van der Waals surface area (Å²) in [5, 5.41) is 3.68. The molecule has 1 atom stereocenters. The number of rotatable bonds is 15. The third-order valence-corrected chi connectivity index (χ3v) is 11.8. The number of carbonyl (C=O) groups is 2. The van der Waals surface area contributed by atoms with E-state index in [0.717, 1.165) is 46.9 Å². The van der Waals surface area contributed by atoms with Gasteiger partial charge in [0, 0.05) is 28.9 Å².